The van der Waals surface area contributed by atoms with Gasteiger partial charge in [-0.2, -0.15) is 0 Å². The van der Waals surface area contributed by atoms with Gasteiger partial charge in [0.15, 0.2) is 5.16 Å². The van der Waals surface area contributed by atoms with Gasteiger partial charge in [0.05, 0.1) is 16.8 Å². The zero-order chi connectivity index (χ0) is 18.8. The third-order valence-corrected chi connectivity index (χ3v) is 6.84. The van der Waals surface area contributed by atoms with Gasteiger partial charge in [-0.15, -0.1) is 11.3 Å². The van der Waals surface area contributed by atoms with Gasteiger partial charge in [-0.1, -0.05) is 36.4 Å². The number of carbonyl (C=O) groups is 1. The number of hydrogen-bond acceptors (Lipinski definition) is 6. The minimum absolute atomic E-state index is 0.0544. The summed E-state index contributed by atoms with van der Waals surface area (Å²) in [5, 5.41) is 1.26. The molecule has 0 unspecified atom stereocenters. The Morgan fingerprint density at radius 1 is 1.22 bits per heavy atom. The van der Waals surface area contributed by atoms with Crippen molar-refractivity contribution in [2.45, 2.75) is 37.3 Å². The molecule has 0 radical (unpaired) electrons. The predicted molar refractivity (Wildman–Crippen MR) is 110 cm³/mol. The number of benzene rings is 1. The molecule has 1 amide bonds. The second-order valence-electron chi connectivity index (χ2n) is 6.47. The van der Waals surface area contributed by atoms with Crippen molar-refractivity contribution in [1.82, 2.24) is 15.0 Å². The molecule has 1 aliphatic carbocycles. The van der Waals surface area contributed by atoms with Crippen LogP contribution in [0.15, 0.2) is 40.3 Å². The summed E-state index contributed by atoms with van der Waals surface area (Å²) >= 11 is 2.84. The van der Waals surface area contributed by atoms with E-state index in [4.69, 9.17) is 10.8 Å². The number of fused-ring (bicyclic) bond motifs is 3. The fourth-order valence-electron chi connectivity index (χ4n) is 3.44. The molecule has 0 aliphatic heterocycles. The molecule has 1 aliphatic rings. The van der Waals surface area contributed by atoms with Gasteiger partial charge in [-0.3, -0.25) is 19.6 Å². The van der Waals surface area contributed by atoms with Gasteiger partial charge < -0.3 is 0 Å². The molecule has 2 aromatic heterocycles. The first-order valence-electron chi connectivity index (χ1n) is 8.94. The van der Waals surface area contributed by atoms with Gasteiger partial charge in [0.1, 0.15) is 4.83 Å². The summed E-state index contributed by atoms with van der Waals surface area (Å²) in [6.45, 7) is 0. The summed E-state index contributed by atoms with van der Waals surface area (Å²) < 4.78 is 1.62. The van der Waals surface area contributed by atoms with E-state index in [1.807, 2.05) is 30.3 Å². The normalized spacial score (nSPS) is 14.0. The first-order chi connectivity index (χ1) is 13.2. The van der Waals surface area contributed by atoms with Crippen LogP contribution in [0.5, 0.6) is 0 Å². The molecule has 8 heteroatoms. The maximum absolute atomic E-state index is 13.5. The minimum atomic E-state index is -0.309. The van der Waals surface area contributed by atoms with Crippen molar-refractivity contribution in [2.75, 3.05) is 5.75 Å². The van der Waals surface area contributed by atoms with Crippen LogP contribution in [0, 0.1) is 0 Å². The monoisotopic (exact) mass is 400 g/mol. The van der Waals surface area contributed by atoms with Crippen molar-refractivity contribution >= 4 is 39.2 Å². The summed E-state index contributed by atoms with van der Waals surface area (Å²) in [7, 11) is 0. The van der Waals surface area contributed by atoms with Gasteiger partial charge >= 0.3 is 0 Å². The molecule has 3 N–H and O–H groups in total. The number of nitrogens with two attached hydrogens (primary N) is 1. The van der Waals surface area contributed by atoms with Crippen LogP contribution in [0.1, 0.15) is 29.7 Å². The molecule has 27 heavy (non-hydrogen) atoms. The van der Waals surface area contributed by atoms with Crippen molar-refractivity contribution in [2.24, 2.45) is 5.84 Å². The van der Waals surface area contributed by atoms with Crippen LogP contribution in [0.4, 0.5) is 0 Å². The quantitative estimate of drug-likeness (QED) is 0.176. The average molecular weight is 401 g/mol. The lowest BCUT2D eigenvalue weighted by Crippen LogP contribution is -2.32. The van der Waals surface area contributed by atoms with Crippen molar-refractivity contribution in [3.8, 4) is 5.69 Å². The van der Waals surface area contributed by atoms with E-state index in [0.29, 0.717) is 5.16 Å². The number of hydrazine groups is 1. The largest absolute Gasteiger partial charge is 0.294 e. The molecule has 2 heterocycles. The zero-order valence-electron chi connectivity index (χ0n) is 14.7. The molecule has 1 aromatic carbocycles. The highest BCUT2D eigenvalue weighted by molar-refractivity contribution is 7.99. The predicted octanol–water partition coefficient (Wildman–Crippen LogP) is 2.80. The average Bonchev–Trinajstić information content (AvgIpc) is 2.88. The van der Waals surface area contributed by atoms with Crippen molar-refractivity contribution in [3.63, 3.8) is 0 Å². The van der Waals surface area contributed by atoms with E-state index in [9.17, 15) is 9.59 Å². The Morgan fingerprint density at radius 2 is 2.00 bits per heavy atom. The second-order valence-corrected chi connectivity index (χ2v) is 8.50. The third kappa shape index (κ3) is 3.52. The van der Waals surface area contributed by atoms with E-state index in [-0.39, 0.29) is 17.2 Å². The number of aryl methyl sites for hydroxylation is 2. The Labute approximate surface area is 164 Å². The third-order valence-electron chi connectivity index (χ3n) is 4.72. The van der Waals surface area contributed by atoms with Crippen LogP contribution >= 0.6 is 23.1 Å². The number of carbonyl (C=O) groups excluding carboxylic acids is 1. The molecule has 0 bridgehead atoms. The Kier molecular flexibility index (Phi) is 5.29. The molecule has 3 aromatic rings. The molecule has 0 spiro atoms. The number of nitrogens with one attached hydrogen (secondary N) is 1. The fraction of sp³-hybridized carbons (Fsp3) is 0.316. The molecule has 0 fully saturated rings. The second kappa shape index (κ2) is 7.84. The SMILES string of the molecule is NNC(=O)CSc1nc2sc3c(c2c(=O)n1-c1ccccc1)CCCCC3. The smallest absolute Gasteiger partial charge is 0.267 e. The lowest BCUT2D eigenvalue weighted by Gasteiger charge is -2.12. The van der Waals surface area contributed by atoms with Gasteiger partial charge in [-0.25, -0.2) is 10.8 Å². The number of para-hydroxylation sites is 1. The van der Waals surface area contributed by atoms with Gasteiger partial charge in [0.25, 0.3) is 5.56 Å². The van der Waals surface area contributed by atoms with Crippen LogP contribution in [-0.2, 0) is 17.6 Å². The maximum atomic E-state index is 13.5. The highest BCUT2D eigenvalue weighted by atomic mass is 32.2. The first-order valence-corrected chi connectivity index (χ1v) is 10.7. The van der Waals surface area contributed by atoms with Crippen LogP contribution < -0.4 is 16.8 Å². The van der Waals surface area contributed by atoms with Crippen molar-refractivity contribution < 1.29 is 4.79 Å². The number of thiophene rings is 1. The van der Waals surface area contributed by atoms with E-state index >= 15 is 0 Å². The van der Waals surface area contributed by atoms with Crippen molar-refractivity contribution in [3.05, 3.63) is 51.1 Å². The summed E-state index contributed by atoms with van der Waals surface area (Å²) in [4.78, 5) is 31.9. The zero-order valence-corrected chi connectivity index (χ0v) is 16.4. The lowest BCUT2D eigenvalue weighted by atomic mass is 10.1. The van der Waals surface area contributed by atoms with Crippen LogP contribution in [0.3, 0.4) is 0 Å². The van der Waals surface area contributed by atoms with Gasteiger partial charge in [0, 0.05) is 4.88 Å². The number of rotatable bonds is 4. The Balaban J connectivity index is 1.92. The molecule has 0 atom stereocenters. The summed E-state index contributed by atoms with van der Waals surface area (Å²) in [5.74, 6) is 4.98. The van der Waals surface area contributed by atoms with E-state index in [1.165, 1.54) is 28.6 Å². The van der Waals surface area contributed by atoms with E-state index in [2.05, 4.69) is 5.43 Å². The highest BCUT2D eigenvalue weighted by Crippen LogP contribution is 2.34. The number of aromatic nitrogens is 2. The topological polar surface area (TPSA) is 90.0 Å². The molecule has 0 saturated heterocycles. The molecular weight excluding hydrogens is 380 g/mol. The van der Waals surface area contributed by atoms with E-state index in [0.717, 1.165) is 41.6 Å². The molecule has 4 rings (SSSR count). The Bertz CT molecular complexity index is 1040. The van der Waals surface area contributed by atoms with E-state index < -0.39 is 0 Å². The van der Waals surface area contributed by atoms with Crippen LogP contribution in [-0.4, -0.2) is 21.2 Å². The van der Waals surface area contributed by atoms with Crippen molar-refractivity contribution in [1.29, 1.82) is 0 Å². The molecule has 0 saturated carbocycles. The van der Waals surface area contributed by atoms with Gasteiger partial charge in [-0.05, 0) is 43.4 Å². The Hall–Kier alpha value is -2.16. The number of thioether (sulfide) groups is 1. The number of nitrogens with zero attached hydrogens (tertiary/aromatic N) is 2. The Morgan fingerprint density at radius 3 is 2.78 bits per heavy atom. The molecular formula is C19H20N4O2S2. The van der Waals surface area contributed by atoms with Crippen LogP contribution in [0.25, 0.3) is 15.9 Å². The standard InChI is InChI=1S/C19H20N4O2S2/c20-22-15(24)11-26-19-21-17-16(13-9-5-2-6-10-14(13)27-17)18(25)23(19)12-7-3-1-4-8-12/h1,3-4,7-8H,2,5-6,9-11,20H2,(H,22,24). The van der Waals surface area contributed by atoms with Gasteiger partial charge in [0.2, 0.25) is 5.91 Å². The summed E-state index contributed by atoms with van der Waals surface area (Å²) in [5.41, 5.74) is 3.99. The molecule has 6 nitrogen and oxygen atoms in total. The minimum Gasteiger partial charge on any atom is -0.294 e. The summed E-state index contributed by atoms with van der Waals surface area (Å²) in [6.07, 6.45) is 5.41. The molecule has 140 valence electrons. The van der Waals surface area contributed by atoms with Crippen LogP contribution in [0.2, 0.25) is 0 Å². The summed E-state index contributed by atoms with van der Waals surface area (Å²) in [6, 6.07) is 9.45. The number of hydrogen-bond donors (Lipinski definition) is 2. The van der Waals surface area contributed by atoms with E-state index in [1.54, 1.807) is 15.9 Å². The first kappa shape index (κ1) is 18.2. The highest BCUT2D eigenvalue weighted by Gasteiger charge is 2.22. The number of amides is 1. The lowest BCUT2D eigenvalue weighted by molar-refractivity contribution is -0.118. The maximum Gasteiger partial charge on any atom is 0.267 e. The fourth-order valence-corrected chi connectivity index (χ4v) is 5.56.